The highest BCUT2D eigenvalue weighted by Crippen LogP contribution is 2.38. The maximum absolute atomic E-state index is 13.3. The minimum atomic E-state index is -0.126. The van der Waals surface area contributed by atoms with Crippen molar-refractivity contribution in [1.82, 2.24) is 0 Å². The van der Waals surface area contributed by atoms with Gasteiger partial charge in [0.2, 0.25) is 0 Å². The molecule has 5 nitrogen and oxygen atoms in total. The largest absolute Gasteiger partial charge is 0.497 e. The Morgan fingerprint density at radius 1 is 0.900 bits per heavy atom. The number of benzene rings is 3. The van der Waals surface area contributed by atoms with Gasteiger partial charge in [-0.25, -0.2) is 4.99 Å². The van der Waals surface area contributed by atoms with E-state index in [4.69, 9.17) is 14.5 Å². The van der Waals surface area contributed by atoms with Gasteiger partial charge in [-0.05, 0) is 54.2 Å². The molecular formula is C24H20N2O3S. The minimum Gasteiger partial charge on any atom is -0.497 e. The smallest absolute Gasteiger partial charge is 0.271 e. The third kappa shape index (κ3) is 4.09. The molecule has 0 spiro atoms. The van der Waals surface area contributed by atoms with Crippen molar-refractivity contribution in [3.8, 4) is 11.5 Å². The number of methoxy groups -OCH3 is 2. The molecule has 0 saturated carbocycles. The first-order chi connectivity index (χ1) is 14.7. The molecule has 1 aliphatic rings. The molecular weight excluding hydrogens is 396 g/mol. The van der Waals surface area contributed by atoms with Crippen molar-refractivity contribution >= 4 is 40.3 Å². The quantitative estimate of drug-likeness (QED) is 0.515. The predicted molar refractivity (Wildman–Crippen MR) is 123 cm³/mol. The molecule has 1 saturated heterocycles. The number of rotatable bonds is 5. The van der Waals surface area contributed by atoms with E-state index < -0.39 is 0 Å². The Balaban J connectivity index is 1.77. The van der Waals surface area contributed by atoms with E-state index in [1.165, 1.54) is 11.8 Å². The van der Waals surface area contributed by atoms with Gasteiger partial charge in [-0.2, -0.15) is 0 Å². The van der Waals surface area contributed by atoms with E-state index >= 15 is 0 Å². The number of amides is 1. The van der Waals surface area contributed by atoms with Gasteiger partial charge in [0.05, 0.1) is 30.5 Å². The number of hydrogen-bond acceptors (Lipinski definition) is 5. The Kier molecular flexibility index (Phi) is 5.86. The van der Waals surface area contributed by atoms with Crippen LogP contribution in [0.25, 0.3) is 6.08 Å². The lowest BCUT2D eigenvalue weighted by atomic mass is 10.1. The fraction of sp³-hybridized carbons (Fsp3) is 0.0833. The number of carbonyl (C=O) groups is 1. The van der Waals surface area contributed by atoms with Crippen LogP contribution in [0.5, 0.6) is 11.5 Å². The van der Waals surface area contributed by atoms with Crippen molar-refractivity contribution in [3.05, 3.63) is 89.3 Å². The minimum absolute atomic E-state index is 0.126. The van der Waals surface area contributed by atoms with Gasteiger partial charge < -0.3 is 9.47 Å². The summed E-state index contributed by atoms with van der Waals surface area (Å²) in [7, 11) is 3.20. The molecule has 0 aliphatic carbocycles. The molecule has 1 aliphatic heterocycles. The average molecular weight is 417 g/mol. The highest BCUT2D eigenvalue weighted by Gasteiger charge is 2.34. The summed E-state index contributed by atoms with van der Waals surface area (Å²) < 4.78 is 10.7. The maximum atomic E-state index is 13.3. The zero-order valence-corrected chi connectivity index (χ0v) is 17.4. The lowest BCUT2D eigenvalue weighted by molar-refractivity contribution is -0.113. The van der Waals surface area contributed by atoms with Gasteiger partial charge in [0.15, 0.2) is 5.17 Å². The van der Waals surface area contributed by atoms with Gasteiger partial charge in [-0.3, -0.25) is 9.69 Å². The molecule has 1 amide bonds. The number of ether oxygens (including phenoxy) is 2. The molecule has 6 heteroatoms. The zero-order chi connectivity index (χ0) is 20.9. The first-order valence-electron chi connectivity index (χ1n) is 9.34. The first-order valence-corrected chi connectivity index (χ1v) is 10.2. The number of amidine groups is 1. The molecule has 4 rings (SSSR count). The van der Waals surface area contributed by atoms with Gasteiger partial charge in [0.25, 0.3) is 5.91 Å². The molecule has 0 bridgehead atoms. The van der Waals surface area contributed by atoms with Crippen LogP contribution in [0.2, 0.25) is 0 Å². The number of para-hydroxylation sites is 2. The molecule has 0 unspecified atom stereocenters. The van der Waals surface area contributed by atoms with Crippen molar-refractivity contribution in [2.75, 3.05) is 19.1 Å². The van der Waals surface area contributed by atoms with E-state index in [0.717, 1.165) is 16.9 Å². The number of nitrogens with zero attached hydrogens (tertiary/aromatic N) is 2. The van der Waals surface area contributed by atoms with Crippen LogP contribution in [-0.2, 0) is 4.79 Å². The Morgan fingerprint density at radius 3 is 2.27 bits per heavy atom. The Bertz CT molecular complexity index is 1110. The van der Waals surface area contributed by atoms with E-state index in [1.807, 2.05) is 78.9 Å². The fourth-order valence-electron chi connectivity index (χ4n) is 3.05. The second-order valence-corrected chi connectivity index (χ2v) is 7.43. The number of hydrogen-bond donors (Lipinski definition) is 0. The number of thioether (sulfide) groups is 1. The lowest BCUT2D eigenvalue weighted by Gasteiger charge is -2.15. The number of carbonyl (C=O) groups excluding carboxylic acids is 1. The van der Waals surface area contributed by atoms with Crippen LogP contribution in [-0.4, -0.2) is 25.3 Å². The summed E-state index contributed by atoms with van der Waals surface area (Å²) in [6, 6.07) is 24.6. The molecule has 3 aromatic carbocycles. The second-order valence-electron chi connectivity index (χ2n) is 6.42. The molecule has 30 heavy (non-hydrogen) atoms. The molecule has 0 atom stereocenters. The van der Waals surface area contributed by atoms with Crippen molar-refractivity contribution in [3.63, 3.8) is 0 Å². The van der Waals surface area contributed by atoms with Crippen LogP contribution in [0.15, 0.2) is 88.8 Å². The fourth-order valence-corrected chi connectivity index (χ4v) is 4.04. The SMILES string of the molecule is COc1ccc(/C=C2/SC(=Nc3ccccc3)N(c3ccccc3)C2=O)c(OC)c1. The molecule has 0 N–H and O–H groups in total. The third-order valence-corrected chi connectivity index (χ3v) is 5.50. The van der Waals surface area contributed by atoms with Crippen LogP contribution >= 0.6 is 11.8 Å². The summed E-state index contributed by atoms with van der Waals surface area (Å²) >= 11 is 1.34. The molecule has 3 aromatic rings. The van der Waals surface area contributed by atoms with E-state index in [0.29, 0.717) is 21.6 Å². The number of anilines is 1. The zero-order valence-electron chi connectivity index (χ0n) is 16.6. The molecule has 150 valence electrons. The highest BCUT2D eigenvalue weighted by atomic mass is 32.2. The van der Waals surface area contributed by atoms with E-state index in [9.17, 15) is 4.79 Å². The first kappa shape index (κ1) is 19.8. The summed E-state index contributed by atoms with van der Waals surface area (Å²) in [5, 5.41) is 0.608. The summed E-state index contributed by atoms with van der Waals surface area (Å²) in [5.74, 6) is 1.20. The van der Waals surface area contributed by atoms with Crippen LogP contribution in [0.1, 0.15) is 5.56 Å². The monoisotopic (exact) mass is 416 g/mol. The maximum Gasteiger partial charge on any atom is 0.271 e. The molecule has 0 aromatic heterocycles. The Hall–Kier alpha value is -3.51. The standard InChI is InChI=1S/C24H20N2O3S/c1-28-20-14-13-17(21(16-20)29-2)15-22-23(27)26(19-11-7-4-8-12-19)24(30-22)25-18-9-5-3-6-10-18/h3-16H,1-2H3/b22-15+,25-24?. The van der Waals surface area contributed by atoms with Crippen LogP contribution < -0.4 is 14.4 Å². The van der Waals surface area contributed by atoms with E-state index in [2.05, 4.69) is 0 Å². The van der Waals surface area contributed by atoms with Crippen molar-refractivity contribution in [2.45, 2.75) is 0 Å². The van der Waals surface area contributed by atoms with Gasteiger partial charge >= 0.3 is 0 Å². The van der Waals surface area contributed by atoms with Gasteiger partial charge in [0.1, 0.15) is 11.5 Å². The Labute approximate surface area is 179 Å². The average Bonchev–Trinajstić information content (AvgIpc) is 3.09. The predicted octanol–water partition coefficient (Wildman–Crippen LogP) is 5.51. The third-order valence-electron chi connectivity index (χ3n) is 4.53. The van der Waals surface area contributed by atoms with Crippen molar-refractivity contribution in [1.29, 1.82) is 0 Å². The normalized spacial score (nSPS) is 16.3. The van der Waals surface area contributed by atoms with Crippen LogP contribution in [0.3, 0.4) is 0 Å². The molecule has 1 heterocycles. The van der Waals surface area contributed by atoms with Gasteiger partial charge in [-0.15, -0.1) is 0 Å². The molecule has 1 fully saturated rings. The number of aliphatic imine (C=N–C) groups is 1. The van der Waals surface area contributed by atoms with E-state index in [1.54, 1.807) is 25.2 Å². The topological polar surface area (TPSA) is 51.1 Å². The van der Waals surface area contributed by atoms with Gasteiger partial charge in [-0.1, -0.05) is 36.4 Å². The lowest BCUT2D eigenvalue weighted by Crippen LogP contribution is -2.28. The van der Waals surface area contributed by atoms with Gasteiger partial charge in [0, 0.05) is 11.6 Å². The van der Waals surface area contributed by atoms with Crippen molar-refractivity contribution < 1.29 is 14.3 Å². The summed E-state index contributed by atoms with van der Waals surface area (Å²) in [4.78, 5) is 20.2. The second kappa shape index (κ2) is 8.88. The highest BCUT2D eigenvalue weighted by molar-refractivity contribution is 8.19. The van der Waals surface area contributed by atoms with Crippen molar-refractivity contribution in [2.24, 2.45) is 4.99 Å². The van der Waals surface area contributed by atoms with E-state index in [-0.39, 0.29) is 5.91 Å². The van der Waals surface area contributed by atoms with Crippen LogP contribution in [0.4, 0.5) is 11.4 Å². The van der Waals surface area contributed by atoms with Crippen LogP contribution in [0, 0.1) is 0 Å². The Morgan fingerprint density at radius 2 is 1.60 bits per heavy atom. The molecule has 0 radical (unpaired) electrons. The summed E-state index contributed by atoms with van der Waals surface area (Å²) in [6.07, 6.45) is 1.83. The summed E-state index contributed by atoms with van der Waals surface area (Å²) in [6.45, 7) is 0. The summed E-state index contributed by atoms with van der Waals surface area (Å²) in [5.41, 5.74) is 2.36.